The van der Waals surface area contributed by atoms with Gasteiger partial charge in [-0.3, -0.25) is 4.79 Å². The molecule has 7 heteroatoms. The second-order valence-electron chi connectivity index (χ2n) is 7.08. The van der Waals surface area contributed by atoms with Crippen LogP contribution in [0.15, 0.2) is 30.5 Å². The van der Waals surface area contributed by atoms with Gasteiger partial charge in [0, 0.05) is 24.0 Å². The van der Waals surface area contributed by atoms with E-state index in [4.69, 9.17) is 4.74 Å². The van der Waals surface area contributed by atoms with E-state index in [0.29, 0.717) is 24.2 Å². The van der Waals surface area contributed by atoms with E-state index in [1.54, 1.807) is 19.2 Å². The smallest absolute Gasteiger partial charge is 0.255 e. The third-order valence-corrected chi connectivity index (χ3v) is 5.04. The van der Waals surface area contributed by atoms with Crippen LogP contribution in [-0.2, 0) is 5.54 Å². The maximum absolute atomic E-state index is 14.5. The zero-order valence-corrected chi connectivity index (χ0v) is 15.3. The van der Waals surface area contributed by atoms with Crippen molar-refractivity contribution in [1.29, 1.82) is 0 Å². The number of rotatable bonds is 2. The molecule has 1 aromatic carbocycles. The molecule has 0 aliphatic carbocycles. The first kappa shape index (κ1) is 17.5. The van der Waals surface area contributed by atoms with Gasteiger partial charge in [-0.2, -0.15) is 0 Å². The molecule has 0 radical (unpaired) electrons. The summed E-state index contributed by atoms with van der Waals surface area (Å²) < 4.78 is 35.6. The summed E-state index contributed by atoms with van der Waals surface area (Å²) in [5.41, 5.74) is 1.60. The number of carbonyl (C=O) groups is 1. The van der Waals surface area contributed by atoms with E-state index < -0.39 is 23.1 Å². The van der Waals surface area contributed by atoms with E-state index in [9.17, 15) is 13.6 Å². The summed E-state index contributed by atoms with van der Waals surface area (Å²) in [7, 11) is 0. The van der Waals surface area contributed by atoms with Gasteiger partial charge in [0.15, 0.2) is 11.6 Å². The van der Waals surface area contributed by atoms with E-state index >= 15 is 0 Å². The molecule has 3 heterocycles. The Morgan fingerprint density at radius 3 is 2.85 bits per heavy atom. The Balaban J connectivity index is 1.76. The van der Waals surface area contributed by atoms with Crippen molar-refractivity contribution in [2.75, 3.05) is 6.61 Å². The maximum atomic E-state index is 14.5. The lowest BCUT2D eigenvalue weighted by atomic mass is 9.85. The number of halogens is 2. The number of carbonyl (C=O) groups excluding carboxylic acids is 1. The predicted octanol–water partition coefficient (Wildman–Crippen LogP) is 3.66. The molecule has 27 heavy (non-hydrogen) atoms. The van der Waals surface area contributed by atoms with Crippen LogP contribution in [-0.4, -0.2) is 21.9 Å². The van der Waals surface area contributed by atoms with Crippen LogP contribution in [0, 0.1) is 25.5 Å². The number of nitrogens with zero attached hydrogens (tertiary/aromatic N) is 2. The lowest BCUT2D eigenvalue weighted by Gasteiger charge is -2.36. The molecular weight excluding hydrogens is 352 g/mol. The van der Waals surface area contributed by atoms with Gasteiger partial charge in [-0.05, 0) is 45.0 Å². The number of ether oxygens (including phenoxy) is 1. The Kier molecular flexibility index (Phi) is 3.91. The minimum absolute atomic E-state index is 0.0333. The van der Waals surface area contributed by atoms with E-state index in [-0.39, 0.29) is 11.3 Å². The summed E-state index contributed by atoms with van der Waals surface area (Å²) in [5.74, 6) is -2.12. The van der Waals surface area contributed by atoms with Crippen LogP contribution in [0.25, 0.3) is 5.65 Å². The van der Waals surface area contributed by atoms with Crippen molar-refractivity contribution in [2.45, 2.75) is 32.7 Å². The zero-order chi connectivity index (χ0) is 19.3. The van der Waals surface area contributed by atoms with Crippen LogP contribution >= 0.6 is 0 Å². The molecule has 0 saturated carbocycles. The van der Waals surface area contributed by atoms with E-state index in [0.717, 1.165) is 17.5 Å². The number of amides is 1. The summed E-state index contributed by atoms with van der Waals surface area (Å²) in [6.07, 6.45) is 2.09. The maximum Gasteiger partial charge on any atom is 0.255 e. The summed E-state index contributed by atoms with van der Waals surface area (Å²) in [4.78, 5) is 17.5. The number of hydrogen-bond donors (Lipinski definition) is 1. The number of aromatic nitrogens is 2. The summed E-state index contributed by atoms with van der Waals surface area (Å²) in [5, 5.41) is 2.87. The van der Waals surface area contributed by atoms with Gasteiger partial charge < -0.3 is 14.5 Å². The molecule has 140 valence electrons. The molecular formula is C20H19F2N3O2. The van der Waals surface area contributed by atoms with E-state index in [1.807, 2.05) is 24.3 Å². The third-order valence-electron chi connectivity index (χ3n) is 5.04. The number of fused-ring (bicyclic) bond motifs is 2. The predicted molar refractivity (Wildman–Crippen MR) is 96.0 cm³/mol. The Labute approximate surface area is 155 Å². The molecule has 0 saturated heterocycles. The average Bonchev–Trinajstić information content (AvgIpc) is 3.02. The molecule has 5 nitrogen and oxygen atoms in total. The minimum Gasteiger partial charge on any atom is -0.493 e. The molecule has 1 aliphatic rings. The van der Waals surface area contributed by atoms with Gasteiger partial charge in [0.2, 0.25) is 0 Å². The number of benzene rings is 1. The van der Waals surface area contributed by atoms with Crippen molar-refractivity contribution in [3.05, 3.63) is 64.6 Å². The van der Waals surface area contributed by atoms with Gasteiger partial charge >= 0.3 is 0 Å². The Morgan fingerprint density at radius 2 is 2.07 bits per heavy atom. The highest BCUT2D eigenvalue weighted by atomic mass is 19.2. The van der Waals surface area contributed by atoms with Gasteiger partial charge in [-0.1, -0.05) is 0 Å². The molecule has 1 amide bonds. The Morgan fingerprint density at radius 1 is 1.30 bits per heavy atom. The van der Waals surface area contributed by atoms with Gasteiger partial charge in [-0.25, -0.2) is 13.8 Å². The van der Waals surface area contributed by atoms with Crippen LogP contribution in [0.4, 0.5) is 8.78 Å². The van der Waals surface area contributed by atoms with Gasteiger partial charge in [-0.15, -0.1) is 0 Å². The van der Waals surface area contributed by atoms with Crippen molar-refractivity contribution < 1.29 is 18.3 Å². The fourth-order valence-electron chi connectivity index (χ4n) is 3.67. The lowest BCUT2D eigenvalue weighted by Crippen LogP contribution is -2.47. The molecule has 1 N–H and O–H groups in total. The summed E-state index contributed by atoms with van der Waals surface area (Å²) >= 11 is 0. The molecule has 3 aromatic rings. The quantitative estimate of drug-likeness (QED) is 0.748. The largest absolute Gasteiger partial charge is 0.493 e. The molecule has 2 aromatic heterocycles. The molecule has 0 spiro atoms. The second kappa shape index (κ2) is 6.04. The van der Waals surface area contributed by atoms with Crippen molar-refractivity contribution in [3.8, 4) is 5.75 Å². The second-order valence-corrected chi connectivity index (χ2v) is 7.08. The van der Waals surface area contributed by atoms with Crippen molar-refractivity contribution in [3.63, 3.8) is 0 Å². The van der Waals surface area contributed by atoms with Crippen LogP contribution in [0.3, 0.4) is 0 Å². The van der Waals surface area contributed by atoms with Gasteiger partial charge in [0.1, 0.15) is 11.4 Å². The highest BCUT2D eigenvalue weighted by Gasteiger charge is 2.39. The highest BCUT2D eigenvalue weighted by molar-refractivity contribution is 6.00. The Hall–Kier alpha value is -2.96. The first-order valence-corrected chi connectivity index (χ1v) is 8.69. The lowest BCUT2D eigenvalue weighted by molar-refractivity contribution is 0.0870. The molecule has 1 aliphatic heterocycles. The van der Waals surface area contributed by atoms with Crippen molar-refractivity contribution in [1.82, 2.24) is 14.7 Å². The van der Waals surface area contributed by atoms with E-state index in [1.165, 1.54) is 6.07 Å². The summed E-state index contributed by atoms with van der Waals surface area (Å²) in [6, 6.07) is 6.01. The van der Waals surface area contributed by atoms with Crippen LogP contribution in [0.5, 0.6) is 5.75 Å². The van der Waals surface area contributed by atoms with Crippen LogP contribution in [0.2, 0.25) is 0 Å². The molecule has 1 atom stereocenters. The van der Waals surface area contributed by atoms with Crippen LogP contribution in [0.1, 0.15) is 40.7 Å². The first-order valence-electron chi connectivity index (χ1n) is 8.69. The average molecular weight is 371 g/mol. The number of aryl methyl sites for hydroxylation is 2. The minimum atomic E-state index is -1.09. The molecule has 0 bridgehead atoms. The van der Waals surface area contributed by atoms with Gasteiger partial charge in [0.05, 0.1) is 23.3 Å². The third kappa shape index (κ3) is 2.74. The highest BCUT2D eigenvalue weighted by Crippen LogP contribution is 2.39. The molecule has 0 fully saturated rings. The van der Waals surface area contributed by atoms with Crippen molar-refractivity contribution in [2.24, 2.45) is 0 Å². The molecule has 1 unspecified atom stereocenters. The van der Waals surface area contributed by atoms with E-state index in [2.05, 4.69) is 10.3 Å². The van der Waals surface area contributed by atoms with Crippen molar-refractivity contribution >= 4 is 11.6 Å². The standard InChI is InChI=1S/C20H19F2N3O2/c1-11-10-12(2)25-8-6-13(18(25)23-11)19(26)24-20(3)7-9-27-15-5-4-14(21)17(22)16(15)20/h4-6,8,10H,7,9H2,1-3H3,(H,24,26). The fraction of sp³-hybridized carbons (Fsp3) is 0.300. The monoisotopic (exact) mass is 371 g/mol. The van der Waals surface area contributed by atoms with Gasteiger partial charge in [0.25, 0.3) is 5.91 Å². The zero-order valence-electron chi connectivity index (χ0n) is 15.3. The fourth-order valence-corrected chi connectivity index (χ4v) is 3.67. The SMILES string of the molecule is Cc1cc(C)n2ccc(C(=O)NC3(C)CCOc4ccc(F)c(F)c43)c2n1. The topological polar surface area (TPSA) is 55.6 Å². The molecule has 4 rings (SSSR count). The summed E-state index contributed by atoms with van der Waals surface area (Å²) in [6.45, 7) is 5.76. The normalized spacial score (nSPS) is 18.9. The Bertz CT molecular complexity index is 1080. The number of nitrogens with one attached hydrogen (secondary N) is 1. The van der Waals surface area contributed by atoms with Crippen LogP contribution < -0.4 is 10.1 Å². The first-order chi connectivity index (χ1) is 12.8. The number of hydrogen-bond acceptors (Lipinski definition) is 3.